The van der Waals surface area contributed by atoms with Crippen LogP contribution in [-0.4, -0.2) is 42.2 Å². The van der Waals surface area contributed by atoms with Crippen LogP contribution in [0.4, 0.5) is 4.79 Å². The van der Waals surface area contributed by atoms with Gasteiger partial charge in [-0.15, -0.1) is 6.42 Å². The Balaban J connectivity index is 0.000000796. The van der Waals surface area contributed by atoms with Crippen LogP contribution in [0.1, 0.15) is 5.56 Å². The molecule has 0 saturated heterocycles. The van der Waals surface area contributed by atoms with Crippen molar-refractivity contribution in [3.63, 3.8) is 0 Å². The minimum Gasteiger partial charge on any atom is -0.491 e. The molecule has 0 heterocycles. The van der Waals surface area contributed by atoms with E-state index in [-0.39, 0.29) is 19.8 Å². The second kappa shape index (κ2) is 10.7. The lowest BCUT2D eigenvalue weighted by Crippen LogP contribution is -2.23. The van der Waals surface area contributed by atoms with Gasteiger partial charge in [-0.05, 0) is 18.6 Å². The molecule has 0 aliphatic carbocycles. The van der Waals surface area contributed by atoms with Crippen molar-refractivity contribution < 1.29 is 24.5 Å². The van der Waals surface area contributed by atoms with Gasteiger partial charge in [0.1, 0.15) is 25.1 Å². The third-order valence-corrected chi connectivity index (χ3v) is 2.02. The zero-order valence-electron chi connectivity index (χ0n) is 11.3. The maximum atomic E-state index is 9.51. The van der Waals surface area contributed by atoms with E-state index in [1.165, 1.54) is 0 Å². The van der Waals surface area contributed by atoms with E-state index in [0.717, 1.165) is 11.3 Å². The first kappa shape index (κ1) is 17.8. The van der Waals surface area contributed by atoms with Crippen LogP contribution in [0.5, 0.6) is 5.75 Å². The Bertz CT molecular complexity index is 437. The topological polar surface area (TPSA) is 102 Å². The molecule has 6 heteroatoms. The Hall–Kier alpha value is -2.23. The van der Waals surface area contributed by atoms with Gasteiger partial charge < -0.3 is 25.4 Å². The summed E-state index contributed by atoms with van der Waals surface area (Å²) in [5.74, 6) is 3.11. The lowest BCUT2D eigenvalue weighted by Gasteiger charge is -2.13. The van der Waals surface area contributed by atoms with Crippen molar-refractivity contribution in [3.8, 4) is 18.1 Å². The summed E-state index contributed by atoms with van der Waals surface area (Å²) in [6.45, 7) is 2.56. The Labute approximate surface area is 118 Å². The molecule has 1 unspecified atom stereocenters. The third-order valence-electron chi connectivity index (χ3n) is 2.02. The van der Waals surface area contributed by atoms with Crippen molar-refractivity contribution in [2.75, 3.05) is 19.8 Å². The quantitative estimate of drug-likeness (QED) is 0.533. The van der Waals surface area contributed by atoms with Gasteiger partial charge in [-0.3, -0.25) is 0 Å². The molecule has 0 aromatic heterocycles. The van der Waals surface area contributed by atoms with E-state index in [1.54, 1.807) is 0 Å². The zero-order chi connectivity index (χ0) is 15.4. The van der Waals surface area contributed by atoms with Crippen molar-refractivity contribution in [2.45, 2.75) is 13.0 Å². The molecule has 110 valence electrons. The molecule has 0 radical (unpaired) electrons. The molecule has 0 aliphatic rings. The molecule has 1 aromatic rings. The molecular weight excluding hydrogens is 262 g/mol. The lowest BCUT2D eigenvalue weighted by molar-refractivity contribution is 0.0227. The summed E-state index contributed by atoms with van der Waals surface area (Å²) in [7, 11) is 0. The van der Waals surface area contributed by atoms with Gasteiger partial charge in [0, 0.05) is 0 Å². The highest BCUT2D eigenvalue weighted by molar-refractivity contribution is 5.61. The highest BCUT2D eigenvalue weighted by Gasteiger charge is 2.06. The number of terminal acetylenes is 1. The van der Waals surface area contributed by atoms with Crippen molar-refractivity contribution in [3.05, 3.63) is 29.8 Å². The molecule has 1 amide bonds. The summed E-state index contributed by atoms with van der Waals surface area (Å²) < 4.78 is 10.4. The predicted octanol–water partition coefficient (Wildman–Crippen LogP) is 1.01. The first-order valence-corrected chi connectivity index (χ1v) is 5.83. The number of nitrogens with two attached hydrogens (primary N) is 1. The summed E-state index contributed by atoms with van der Waals surface area (Å²) in [6, 6.07) is 7.65. The van der Waals surface area contributed by atoms with Crippen LogP contribution in [0.3, 0.4) is 0 Å². The molecule has 20 heavy (non-hydrogen) atoms. The van der Waals surface area contributed by atoms with E-state index in [1.807, 2.05) is 31.2 Å². The Morgan fingerprint density at radius 1 is 1.45 bits per heavy atom. The number of carbonyl (C=O) groups is 1. The Kier molecular flexibility index (Phi) is 9.48. The smallest absolute Gasteiger partial charge is 0.402 e. The van der Waals surface area contributed by atoms with Crippen molar-refractivity contribution in [1.29, 1.82) is 0 Å². The number of amides is 1. The SMILES string of the molecule is C#CCOCC(O)COc1ccccc1C.NC(=O)O. The third kappa shape index (κ3) is 9.76. The molecule has 0 aliphatic heterocycles. The largest absolute Gasteiger partial charge is 0.491 e. The Morgan fingerprint density at radius 3 is 2.60 bits per heavy atom. The highest BCUT2D eigenvalue weighted by atomic mass is 16.5. The fourth-order valence-corrected chi connectivity index (χ4v) is 1.21. The molecule has 0 spiro atoms. The number of rotatable bonds is 6. The van der Waals surface area contributed by atoms with Crippen LogP contribution < -0.4 is 10.5 Å². The minimum atomic E-state index is -1.33. The molecule has 0 bridgehead atoms. The molecule has 6 nitrogen and oxygen atoms in total. The number of hydrogen-bond acceptors (Lipinski definition) is 4. The maximum Gasteiger partial charge on any atom is 0.402 e. The summed E-state index contributed by atoms with van der Waals surface area (Å²) in [4.78, 5) is 8.78. The number of ether oxygens (including phenoxy) is 2. The number of primary amides is 1. The number of hydrogen-bond donors (Lipinski definition) is 3. The Morgan fingerprint density at radius 2 is 2.05 bits per heavy atom. The number of aliphatic hydroxyl groups is 1. The van der Waals surface area contributed by atoms with Gasteiger partial charge in [-0.1, -0.05) is 24.1 Å². The van der Waals surface area contributed by atoms with Crippen molar-refractivity contribution >= 4 is 6.09 Å². The van der Waals surface area contributed by atoms with Crippen LogP contribution in [0.2, 0.25) is 0 Å². The highest BCUT2D eigenvalue weighted by Crippen LogP contribution is 2.16. The van der Waals surface area contributed by atoms with E-state index in [9.17, 15) is 5.11 Å². The first-order valence-electron chi connectivity index (χ1n) is 5.83. The second-order valence-electron chi connectivity index (χ2n) is 3.79. The van der Waals surface area contributed by atoms with Gasteiger partial charge >= 0.3 is 6.09 Å². The fraction of sp³-hybridized carbons (Fsp3) is 0.357. The van der Waals surface area contributed by atoms with Gasteiger partial charge in [0.15, 0.2) is 0 Å². The molecule has 0 fully saturated rings. The van der Waals surface area contributed by atoms with Gasteiger partial charge in [0.2, 0.25) is 0 Å². The number of aryl methyl sites for hydroxylation is 1. The second-order valence-corrected chi connectivity index (χ2v) is 3.79. The van der Waals surface area contributed by atoms with Crippen LogP contribution in [-0.2, 0) is 4.74 Å². The van der Waals surface area contributed by atoms with Crippen LogP contribution >= 0.6 is 0 Å². The number of benzene rings is 1. The average Bonchev–Trinajstić information content (AvgIpc) is 2.37. The van der Waals surface area contributed by atoms with E-state index in [2.05, 4.69) is 11.7 Å². The number of para-hydroxylation sites is 1. The summed E-state index contributed by atoms with van der Waals surface area (Å²) in [6.07, 6.45) is 3.02. The maximum absolute atomic E-state index is 9.51. The number of carboxylic acid groups (broad SMARTS) is 1. The minimum absolute atomic E-state index is 0.191. The number of aliphatic hydroxyl groups excluding tert-OH is 1. The van der Waals surface area contributed by atoms with Gasteiger partial charge in [0.25, 0.3) is 0 Å². The molecule has 4 N–H and O–H groups in total. The van der Waals surface area contributed by atoms with E-state index in [4.69, 9.17) is 25.8 Å². The normalized spacial score (nSPS) is 10.7. The van der Waals surface area contributed by atoms with Crippen LogP contribution in [0, 0.1) is 19.3 Å². The molecule has 0 saturated carbocycles. The van der Waals surface area contributed by atoms with Gasteiger partial charge in [-0.2, -0.15) is 0 Å². The van der Waals surface area contributed by atoms with Crippen LogP contribution in [0.15, 0.2) is 24.3 Å². The molecular formula is C14H19NO5. The zero-order valence-corrected chi connectivity index (χ0v) is 11.3. The fourth-order valence-electron chi connectivity index (χ4n) is 1.21. The first-order chi connectivity index (χ1) is 9.47. The van der Waals surface area contributed by atoms with Crippen LogP contribution in [0.25, 0.3) is 0 Å². The van der Waals surface area contributed by atoms with E-state index in [0.29, 0.717) is 0 Å². The van der Waals surface area contributed by atoms with E-state index < -0.39 is 12.2 Å². The molecule has 1 atom stereocenters. The van der Waals surface area contributed by atoms with Gasteiger partial charge in [-0.25, -0.2) is 4.79 Å². The van der Waals surface area contributed by atoms with E-state index >= 15 is 0 Å². The summed E-state index contributed by atoms with van der Waals surface area (Å²) in [5.41, 5.74) is 5.07. The predicted molar refractivity (Wildman–Crippen MR) is 74.5 cm³/mol. The molecule has 1 rings (SSSR count). The summed E-state index contributed by atoms with van der Waals surface area (Å²) in [5, 5.41) is 16.7. The monoisotopic (exact) mass is 281 g/mol. The summed E-state index contributed by atoms with van der Waals surface area (Å²) >= 11 is 0. The van der Waals surface area contributed by atoms with Crippen molar-refractivity contribution in [1.82, 2.24) is 0 Å². The lowest BCUT2D eigenvalue weighted by atomic mass is 10.2. The average molecular weight is 281 g/mol. The van der Waals surface area contributed by atoms with Crippen molar-refractivity contribution in [2.24, 2.45) is 5.73 Å². The molecule has 1 aromatic carbocycles. The standard InChI is InChI=1S/C13H16O3.CH3NO2/c1-3-8-15-9-12(14)10-16-13-7-5-4-6-11(13)2;2-1(3)4/h1,4-7,12,14H,8-10H2,2H3;2H2,(H,3,4). The van der Waals surface area contributed by atoms with Gasteiger partial charge in [0.05, 0.1) is 6.61 Å².